The standard InChI is InChI=1S/C26H28N4O14S/c1-2-5-21(39-14-26(15-40-28(33)34,16-41-29(35)36)17-42-30(37)38)20-6-3-4-7-22(20)44-24(32)13-12-23(31)43-19-10-8-18(9-11-19)25(27)45/h3-11H,2,12-17H2,1H3,(H2,27,45)/b21-5+. The number of benzene rings is 2. The van der Waals surface area contributed by atoms with Crippen LogP contribution in [0.2, 0.25) is 0 Å². The molecule has 0 bridgehead atoms. The highest BCUT2D eigenvalue weighted by Gasteiger charge is 2.37. The summed E-state index contributed by atoms with van der Waals surface area (Å²) in [6.07, 6.45) is 1.22. The zero-order chi connectivity index (χ0) is 33.4. The largest absolute Gasteiger partial charge is 0.492 e. The second-order valence-corrected chi connectivity index (χ2v) is 9.53. The van der Waals surface area contributed by atoms with E-state index in [4.69, 9.17) is 32.2 Å². The number of nitrogens with zero attached hydrogens (tertiary/aromatic N) is 3. The van der Waals surface area contributed by atoms with Gasteiger partial charge in [0.25, 0.3) is 15.3 Å². The van der Waals surface area contributed by atoms with Crippen LogP contribution >= 0.6 is 12.2 Å². The molecule has 242 valence electrons. The monoisotopic (exact) mass is 652 g/mol. The number of thiocarbonyl (C=S) groups is 1. The van der Waals surface area contributed by atoms with Gasteiger partial charge >= 0.3 is 11.9 Å². The third-order valence-corrected chi connectivity index (χ3v) is 5.87. The Kier molecular flexibility index (Phi) is 13.9. The van der Waals surface area contributed by atoms with E-state index in [2.05, 4.69) is 14.5 Å². The van der Waals surface area contributed by atoms with Crippen LogP contribution in [-0.2, 0) is 28.8 Å². The molecule has 0 saturated carbocycles. The molecule has 2 aromatic carbocycles. The SMILES string of the molecule is CC/C=C(/OCC(CO[N+](=O)[O-])(CO[N+](=O)[O-])CO[N+](=O)[O-])c1ccccc1OC(=O)CCC(=O)Oc1ccc(C(N)=S)cc1. The molecular formula is C26H28N4O14S. The van der Waals surface area contributed by atoms with Gasteiger partial charge in [-0.05, 0) is 48.9 Å². The van der Waals surface area contributed by atoms with E-state index in [-0.39, 0.29) is 40.7 Å². The Morgan fingerprint density at radius 1 is 0.822 bits per heavy atom. The van der Waals surface area contributed by atoms with E-state index in [1.807, 2.05) is 0 Å². The Morgan fingerprint density at radius 2 is 1.33 bits per heavy atom. The van der Waals surface area contributed by atoms with E-state index in [0.29, 0.717) is 12.0 Å². The van der Waals surface area contributed by atoms with Crippen LogP contribution < -0.4 is 15.2 Å². The van der Waals surface area contributed by atoms with Crippen LogP contribution in [0.1, 0.15) is 37.3 Å². The van der Waals surface area contributed by atoms with Gasteiger partial charge in [-0.3, -0.25) is 9.59 Å². The number of esters is 2. The summed E-state index contributed by atoms with van der Waals surface area (Å²) >= 11 is 4.87. The Morgan fingerprint density at radius 3 is 1.82 bits per heavy atom. The molecule has 0 saturated heterocycles. The number of ether oxygens (including phenoxy) is 3. The van der Waals surface area contributed by atoms with Gasteiger partial charge in [0.15, 0.2) is 0 Å². The first-order valence-corrected chi connectivity index (χ1v) is 13.3. The van der Waals surface area contributed by atoms with Gasteiger partial charge in [0.1, 0.15) is 42.1 Å². The van der Waals surface area contributed by atoms with Gasteiger partial charge in [-0.2, -0.15) is 0 Å². The van der Waals surface area contributed by atoms with Crippen LogP contribution in [0.5, 0.6) is 11.5 Å². The molecule has 0 unspecified atom stereocenters. The van der Waals surface area contributed by atoms with E-state index >= 15 is 0 Å². The molecule has 0 radical (unpaired) electrons. The quantitative estimate of drug-likeness (QED) is 0.0539. The van der Waals surface area contributed by atoms with E-state index in [0.717, 1.165) is 0 Å². The first kappa shape index (κ1) is 35.6. The molecule has 0 aliphatic heterocycles. The van der Waals surface area contributed by atoms with Crippen molar-refractivity contribution in [2.75, 3.05) is 26.4 Å². The molecule has 2 rings (SSSR count). The van der Waals surface area contributed by atoms with Gasteiger partial charge < -0.3 is 34.5 Å². The second kappa shape index (κ2) is 17.5. The number of carbonyl (C=O) groups excluding carboxylic acids is 2. The van der Waals surface area contributed by atoms with Gasteiger partial charge in [0.2, 0.25) is 0 Å². The van der Waals surface area contributed by atoms with Gasteiger partial charge in [0, 0.05) is 5.56 Å². The Hall–Kier alpha value is -5.59. The molecule has 19 heteroatoms. The lowest BCUT2D eigenvalue weighted by Gasteiger charge is -2.31. The van der Waals surface area contributed by atoms with Crippen molar-refractivity contribution in [2.45, 2.75) is 26.2 Å². The summed E-state index contributed by atoms with van der Waals surface area (Å²) in [5, 5.41) is 28.9. The van der Waals surface area contributed by atoms with Crippen LogP contribution in [-0.4, -0.2) is 58.6 Å². The fourth-order valence-electron chi connectivity index (χ4n) is 3.49. The maximum Gasteiger partial charge on any atom is 0.311 e. The third kappa shape index (κ3) is 12.7. The molecular weight excluding hydrogens is 624 g/mol. The molecule has 0 spiro atoms. The lowest BCUT2D eigenvalue weighted by Crippen LogP contribution is -2.43. The number of rotatable bonds is 20. The van der Waals surface area contributed by atoms with Crippen molar-refractivity contribution in [3.05, 3.63) is 96.1 Å². The zero-order valence-electron chi connectivity index (χ0n) is 23.7. The van der Waals surface area contributed by atoms with Gasteiger partial charge in [-0.1, -0.05) is 31.3 Å². The Balaban J connectivity index is 2.17. The smallest absolute Gasteiger partial charge is 0.311 e. The lowest BCUT2D eigenvalue weighted by atomic mass is 9.92. The molecule has 0 fully saturated rings. The van der Waals surface area contributed by atoms with Crippen molar-refractivity contribution in [1.29, 1.82) is 0 Å². The predicted octanol–water partition coefficient (Wildman–Crippen LogP) is 2.99. The molecule has 0 aromatic heterocycles. The Bertz CT molecular complexity index is 1370. The van der Waals surface area contributed by atoms with Crippen molar-refractivity contribution >= 4 is 34.9 Å². The third-order valence-electron chi connectivity index (χ3n) is 5.63. The topological polar surface area (TPSA) is 245 Å². The molecule has 2 aromatic rings. The minimum Gasteiger partial charge on any atom is -0.492 e. The number of hydrogen-bond acceptors (Lipinski definition) is 15. The van der Waals surface area contributed by atoms with Crippen LogP contribution in [0, 0.1) is 35.8 Å². The van der Waals surface area contributed by atoms with Crippen LogP contribution in [0.3, 0.4) is 0 Å². The highest BCUT2D eigenvalue weighted by atomic mass is 32.1. The molecule has 0 amide bonds. The van der Waals surface area contributed by atoms with Crippen molar-refractivity contribution in [3.63, 3.8) is 0 Å². The number of allylic oxidation sites excluding steroid dienone is 1. The molecule has 45 heavy (non-hydrogen) atoms. The van der Waals surface area contributed by atoms with E-state index in [1.165, 1.54) is 30.3 Å². The average molecular weight is 653 g/mol. The number of hydrogen-bond donors (Lipinski definition) is 1. The Labute approximate surface area is 259 Å². The molecule has 0 heterocycles. The molecule has 18 nitrogen and oxygen atoms in total. The van der Waals surface area contributed by atoms with Gasteiger partial charge in [0.05, 0.1) is 30.4 Å². The fraction of sp³-hybridized carbons (Fsp3) is 0.346. The number of nitrogens with two attached hydrogens (primary N) is 1. The van der Waals surface area contributed by atoms with Crippen molar-refractivity contribution in [3.8, 4) is 11.5 Å². The maximum absolute atomic E-state index is 12.6. The van der Waals surface area contributed by atoms with Crippen LogP contribution in [0.15, 0.2) is 54.6 Å². The molecule has 0 aliphatic carbocycles. The normalized spacial score (nSPS) is 11.1. The van der Waals surface area contributed by atoms with Crippen molar-refractivity contribution in [2.24, 2.45) is 11.1 Å². The highest BCUT2D eigenvalue weighted by molar-refractivity contribution is 7.80. The number of para-hydroxylation sites is 1. The van der Waals surface area contributed by atoms with Crippen molar-refractivity contribution < 1.29 is 53.6 Å². The molecule has 0 atom stereocenters. The van der Waals surface area contributed by atoms with E-state index < -0.39 is 59.0 Å². The summed E-state index contributed by atoms with van der Waals surface area (Å²) in [6.45, 7) is -1.73. The number of carbonyl (C=O) groups is 2. The summed E-state index contributed by atoms with van der Waals surface area (Å²) < 4.78 is 16.5. The van der Waals surface area contributed by atoms with Gasteiger partial charge in [-0.25, -0.2) is 0 Å². The van der Waals surface area contributed by atoms with Gasteiger partial charge in [-0.15, -0.1) is 30.3 Å². The van der Waals surface area contributed by atoms with Crippen LogP contribution in [0.25, 0.3) is 5.76 Å². The average Bonchev–Trinajstić information content (AvgIpc) is 2.99. The second-order valence-electron chi connectivity index (χ2n) is 9.09. The van der Waals surface area contributed by atoms with E-state index in [1.54, 1.807) is 31.2 Å². The first-order valence-electron chi connectivity index (χ1n) is 12.9. The summed E-state index contributed by atoms with van der Waals surface area (Å²) in [5.74, 6) is -1.24. The summed E-state index contributed by atoms with van der Waals surface area (Å²) in [7, 11) is 0. The summed E-state index contributed by atoms with van der Waals surface area (Å²) in [4.78, 5) is 70.6. The van der Waals surface area contributed by atoms with E-state index in [9.17, 15) is 39.9 Å². The highest BCUT2D eigenvalue weighted by Crippen LogP contribution is 2.31. The first-order chi connectivity index (χ1) is 21.3. The molecule has 2 N–H and O–H groups in total. The minimum atomic E-state index is -1.91. The predicted molar refractivity (Wildman–Crippen MR) is 155 cm³/mol. The van der Waals surface area contributed by atoms with Crippen LogP contribution in [0.4, 0.5) is 0 Å². The summed E-state index contributed by atoms with van der Waals surface area (Å²) in [5.41, 5.74) is 4.41. The lowest BCUT2D eigenvalue weighted by molar-refractivity contribution is -0.782. The fourth-order valence-corrected chi connectivity index (χ4v) is 3.62. The zero-order valence-corrected chi connectivity index (χ0v) is 24.5. The summed E-state index contributed by atoms with van der Waals surface area (Å²) in [6, 6.07) is 12.2. The maximum atomic E-state index is 12.6. The minimum absolute atomic E-state index is 0.000802. The molecule has 0 aliphatic rings. The van der Waals surface area contributed by atoms with Crippen molar-refractivity contribution in [1.82, 2.24) is 0 Å².